The number of thioether (sulfide) groups is 1. The minimum Gasteiger partial charge on any atom is -0.493 e. The molecule has 2 aromatic rings. The average molecular weight is 395 g/mol. The van der Waals surface area contributed by atoms with Gasteiger partial charge in [0.2, 0.25) is 0 Å². The average Bonchev–Trinajstić information content (AvgIpc) is 3.01. The Hall–Kier alpha value is -2.53. The van der Waals surface area contributed by atoms with Crippen LogP contribution in [-0.4, -0.2) is 29.1 Å². The molecule has 1 saturated heterocycles. The zero-order valence-electron chi connectivity index (χ0n) is 16.6. The Bertz CT molecular complexity index is 905. The fourth-order valence-electron chi connectivity index (χ4n) is 2.98. The molecule has 1 amide bonds. The second-order valence-corrected chi connectivity index (χ2v) is 7.43. The molecule has 5 heteroatoms. The van der Waals surface area contributed by atoms with Crippen LogP contribution in [0.2, 0.25) is 0 Å². The summed E-state index contributed by atoms with van der Waals surface area (Å²) in [5.74, 6) is 0.792. The normalized spacial score (nSPS) is 17.0. The van der Waals surface area contributed by atoms with E-state index in [4.69, 9.17) is 9.73 Å². The Labute approximate surface area is 171 Å². The summed E-state index contributed by atoms with van der Waals surface area (Å²) in [6.45, 7) is 7.41. The summed E-state index contributed by atoms with van der Waals surface area (Å²) in [5.41, 5.74) is 3.01. The Morgan fingerprint density at radius 2 is 1.82 bits per heavy atom. The van der Waals surface area contributed by atoms with E-state index in [0.717, 1.165) is 35.0 Å². The molecule has 1 aliphatic heterocycles. The molecule has 1 heterocycles. The fraction of sp³-hybridized carbons (Fsp3) is 0.304. The monoisotopic (exact) mass is 394 g/mol. The number of amidine groups is 1. The second kappa shape index (κ2) is 9.60. The van der Waals surface area contributed by atoms with Gasteiger partial charge in [0.05, 0.1) is 17.2 Å². The second-order valence-electron chi connectivity index (χ2n) is 6.42. The number of ether oxygens (including phenoxy) is 1. The van der Waals surface area contributed by atoms with Gasteiger partial charge in [-0.15, -0.1) is 0 Å². The fourth-order valence-corrected chi connectivity index (χ4v) is 4.02. The Morgan fingerprint density at radius 1 is 1.07 bits per heavy atom. The lowest BCUT2D eigenvalue weighted by molar-refractivity contribution is -0.122. The summed E-state index contributed by atoms with van der Waals surface area (Å²) in [4.78, 5) is 20.1. The standard InChI is InChI=1S/C23H26N2O2S/c1-4-15-27-20-14-10-8-12-18(20)16-21-22(26)25(6-3)23(28-21)24-19-13-9-7-11-17(19)5-2/h7-14,16H,4-6,15H2,1-3H3/b21-16+,24-23?. The van der Waals surface area contributed by atoms with Crippen molar-refractivity contribution in [2.24, 2.45) is 4.99 Å². The molecule has 0 aliphatic carbocycles. The molecule has 1 fully saturated rings. The highest BCUT2D eigenvalue weighted by atomic mass is 32.2. The number of carbonyl (C=O) groups excluding carboxylic acids is 1. The van der Waals surface area contributed by atoms with Crippen LogP contribution in [0, 0.1) is 0 Å². The molecule has 0 unspecified atom stereocenters. The van der Waals surface area contributed by atoms with Gasteiger partial charge in [-0.3, -0.25) is 9.69 Å². The number of para-hydroxylation sites is 2. The minimum atomic E-state index is -0.00877. The van der Waals surface area contributed by atoms with Gasteiger partial charge in [-0.1, -0.05) is 50.2 Å². The van der Waals surface area contributed by atoms with Crippen molar-refractivity contribution in [3.63, 3.8) is 0 Å². The lowest BCUT2D eigenvalue weighted by Crippen LogP contribution is -2.28. The third-order valence-corrected chi connectivity index (χ3v) is 5.47. The first-order chi connectivity index (χ1) is 13.7. The number of carbonyl (C=O) groups is 1. The number of hydrogen-bond donors (Lipinski definition) is 0. The van der Waals surface area contributed by atoms with Crippen LogP contribution in [0.5, 0.6) is 5.75 Å². The highest BCUT2D eigenvalue weighted by Crippen LogP contribution is 2.36. The van der Waals surface area contributed by atoms with Gasteiger partial charge in [0, 0.05) is 12.1 Å². The van der Waals surface area contributed by atoms with Crippen molar-refractivity contribution in [2.75, 3.05) is 13.2 Å². The molecule has 0 bridgehead atoms. The first-order valence-corrected chi connectivity index (χ1v) is 10.6. The first kappa shape index (κ1) is 20.2. The van der Waals surface area contributed by atoms with E-state index in [1.165, 1.54) is 17.3 Å². The quantitative estimate of drug-likeness (QED) is 0.569. The van der Waals surface area contributed by atoms with Crippen molar-refractivity contribution in [1.29, 1.82) is 0 Å². The number of nitrogens with zero attached hydrogens (tertiary/aromatic N) is 2. The molecule has 2 aromatic carbocycles. The number of likely N-dealkylation sites (N-methyl/N-ethyl adjacent to an activating group) is 1. The number of amides is 1. The van der Waals surface area contributed by atoms with Crippen LogP contribution in [0.15, 0.2) is 58.4 Å². The lowest BCUT2D eigenvalue weighted by Gasteiger charge is -2.13. The van der Waals surface area contributed by atoms with Gasteiger partial charge in [-0.25, -0.2) is 4.99 Å². The lowest BCUT2D eigenvalue weighted by atomic mass is 10.1. The summed E-state index contributed by atoms with van der Waals surface area (Å²) >= 11 is 1.42. The van der Waals surface area contributed by atoms with Crippen LogP contribution >= 0.6 is 11.8 Å². The van der Waals surface area contributed by atoms with Crippen molar-refractivity contribution in [1.82, 2.24) is 4.90 Å². The molecular formula is C23H26N2O2S. The molecule has 0 aromatic heterocycles. The van der Waals surface area contributed by atoms with Gasteiger partial charge >= 0.3 is 0 Å². The first-order valence-electron chi connectivity index (χ1n) is 9.77. The summed E-state index contributed by atoms with van der Waals surface area (Å²) in [5, 5.41) is 0.728. The molecule has 28 heavy (non-hydrogen) atoms. The van der Waals surface area contributed by atoms with E-state index < -0.39 is 0 Å². The molecule has 0 radical (unpaired) electrons. The molecule has 146 valence electrons. The van der Waals surface area contributed by atoms with Gasteiger partial charge in [-0.2, -0.15) is 0 Å². The van der Waals surface area contributed by atoms with E-state index in [-0.39, 0.29) is 5.91 Å². The predicted octanol–water partition coefficient (Wildman–Crippen LogP) is 5.66. The van der Waals surface area contributed by atoms with E-state index in [1.54, 1.807) is 4.90 Å². The maximum absolute atomic E-state index is 12.9. The Morgan fingerprint density at radius 3 is 2.57 bits per heavy atom. The zero-order valence-corrected chi connectivity index (χ0v) is 17.5. The Kier molecular flexibility index (Phi) is 6.93. The number of aliphatic imine (C=N–C) groups is 1. The van der Waals surface area contributed by atoms with Crippen LogP contribution in [0.4, 0.5) is 5.69 Å². The van der Waals surface area contributed by atoms with Crippen molar-refractivity contribution in [3.05, 3.63) is 64.6 Å². The molecule has 3 rings (SSSR count). The van der Waals surface area contributed by atoms with E-state index in [0.29, 0.717) is 18.1 Å². The van der Waals surface area contributed by atoms with Gasteiger partial charge in [-0.05, 0) is 55.3 Å². The van der Waals surface area contributed by atoms with Crippen LogP contribution in [0.1, 0.15) is 38.3 Å². The van der Waals surface area contributed by atoms with Crippen LogP contribution in [0.25, 0.3) is 6.08 Å². The van der Waals surface area contributed by atoms with Crippen molar-refractivity contribution in [3.8, 4) is 5.75 Å². The van der Waals surface area contributed by atoms with Gasteiger partial charge in [0.25, 0.3) is 5.91 Å². The summed E-state index contributed by atoms with van der Waals surface area (Å²) in [6.07, 6.45) is 3.76. The van der Waals surface area contributed by atoms with E-state index >= 15 is 0 Å². The maximum Gasteiger partial charge on any atom is 0.266 e. The third-order valence-electron chi connectivity index (χ3n) is 4.46. The minimum absolute atomic E-state index is 0.00877. The number of aryl methyl sites for hydroxylation is 1. The molecule has 0 atom stereocenters. The van der Waals surface area contributed by atoms with E-state index in [2.05, 4.69) is 19.9 Å². The number of hydrogen-bond acceptors (Lipinski definition) is 4. The Balaban J connectivity index is 1.94. The summed E-state index contributed by atoms with van der Waals surface area (Å²) in [7, 11) is 0. The third kappa shape index (κ3) is 4.47. The van der Waals surface area contributed by atoms with Gasteiger partial charge in [0.1, 0.15) is 5.75 Å². The summed E-state index contributed by atoms with van der Waals surface area (Å²) in [6, 6.07) is 15.9. The molecule has 0 spiro atoms. The van der Waals surface area contributed by atoms with E-state index in [1.807, 2.05) is 55.5 Å². The highest BCUT2D eigenvalue weighted by molar-refractivity contribution is 8.18. The number of rotatable bonds is 7. The predicted molar refractivity (Wildman–Crippen MR) is 118 cm³/mol. The molecule has 4 nitrogen and oxygen atoms in total. The van der Waals surface area contributed by atoms with Crippen LogP contribution in [0.3, 0.4) is 0 Å². The van der Waals surface area contributed by atoms with Crippen LogP contribution in [-0.2, 0) is 11.2 Å². The smallest absolute Gasteiger partial charge is 0.266 e. The van der Waals surface area contributed by atoms with E-state index in [9.17, 15) is 4.79 Å². The SMILES string of the molecule is CCCOc1ccccc1/C=C1/SC(=Nc2ccccc2CC)N(CC)C1=O. The highest BCUT2D eigenvalue weighted by Gasteiger charge is 2.32. The molecule has 1 aliphatic rings. The topological polar surface area (TPSA) is 41.9 Å². The molecule has 0 saturated carbocycles. The van der Waals surface area contributed by atoms with Crippen molar-refractivity contribution >= 4 is 34.6 Å². The molecular weight excluding hydrogens is 368 g/mol. The van der Waals surface area contributed by atoms with Crippen molar-refractivity contribution in [2.45, 2.75) is 33.6 Å². The summed E-state index contributed by atoms with van der Waals surface area (Å²) < 4.78 is 5.83. The maximum atomic E-state index is 12.9. The number of benzene rings is 2. The zero-order chi connectivity index (χ0) is 19.9. The largest absolute Gasteiger partial charge is 0.493 e. The van der Waals surface area contributed by atoms with Gasteiger partial charge < -0.3 is 4.74 Å². The molecule has 0 N–H and O–H groups in total. The van der Waals surface area contributed by atoms with Crippen molar-refractivity contribution < 1.29 is 9.53 Å². The van der Waals surface area contributed by atoms with Gasteiger partial charge in [0.15, 0.2) is 5.17 Å². The van der Waals surface area contributed by atoms with Crippen LogP contribution < -0.4 is 4.74 Å².